The van der Waals surface area contributed by atoms with Crippen LogP contribution in [0.1, 0.15) is 19.3 Å². The molecule has 4 heteroatoms. The second-order valence-electron chi connectivity index (χ2n) is 4.13. The molecule has 1 heterocycles. The van der Waals surface area contributed by atoms with Crippen molar-refractivity contribution in [1.29, 1.82) is 0 Å². The van der Waals surface area contributed by atoms with E-state index in [0.29, 0.717) is 11.7 Å². The fourth-order valence-corrected chi connectivity index (χ4v) is 2.15. The molecule has 0 aromatic heterocycles. The normalized spacial score (nSPS) is 20.8. The Morgan fingerprint density at radius 3 is 3.06 bits per heavy atom. The molecule has 1 aliphatic heterocycles. The van der Waals surface area contributed by atoms with Gasteiger partial charge in [0.25, 0.3) is 0 Å². The van der Waals surface area contributed by atoms with E-state index in [2.05, 4.69) is 10.6 Å². The molecule has 0 amide bonds. The smallest absolute Gasteiger partial charge is 0.164 e. The Hall–Kier alpha value is -0.800. The summed E-state index contributed by atoms with van der Waals surface area (Å²) in [6, 6.07) is 5.46. The van der Waals surface area contributed by atoms with Gasteiger partial charge >= 0.3 is 0 Å². The number of anilines is 1. The zero-order chi connectivity index (χ0) is 11.4. The fraction of sp³-hybridized carbons (Fsp3) is 0.500. The third-order valence-electron chi connectivity index (χ3n) is 2.90. The highest BCUT2D eigenvalue weighted by Gasteiger charge is 2.13. The van der Waals surface area contributed by atoms with Gasteiger partial charge in [-0.2, -0.15) is 0 Å². The number of rotatable bonds is 3. The molecule has 16 heavy (non-hydrogen) atoms. The van der Waals surface area contributed by atoms with Crippen molar-refractivity contribution in [3.05, 3.63) is 29.0 Å². The van der Waals surface area contributed by atoms with E-state index in [1.807, 2.05) is 0 Å². The summed E-state index contributed by atoms with van der Waals surface area (Å²) in [7, 11) is 0. The summed E-state index contributed by atoms with van der Waals surface area (Å²) in [5, 5.41) is 6.68. The maximum atomic E-state index is 13.5. The standard InChI is InChI=1S/C12H16ClFN2/c13-10-5-3-6-11(12(10)14)16-8-9-4-1-2-7-15-9/h3,5-6,9,15-16H,1-2,4,7-8H2. The zero-order valence-electron chi connectivity index (χ0n) is 9.10. The van der Waals surface area contributed by atoms with Crippen molar-refractivity contribution in [3.8, 4) is 0 Å². The van der Waals surface area contributed by atoms with Crippen molar-refractivity contribution < 1.29 is 4.39 Å². The highest BCUT2D eigenvalue weighted by atomic mass is 35.5. The molecule has 1 aromatic carbocycles. The highest BCUT2D eigenvalue weighted by molar-refractivity contribution is 6.31. The lowest BCUT2D eigenvalue weighted by molar-refractivity contribution is 0.414. The molecule has 1 aromatic rings. The van der Waals surface area contributed by atoms with Crippen molar-refractivity contribution in [2.75, 3.05) is 18.4 Å². The molecule has 1 aliphatic rings. The maximum Gasteiger partial charge on any atom is 0.164 e. The quantitative estimate of drug-likeness (QED) is 0.852. The van der Waals surface area contributed by atoms with Crippen LogP contribution in [0.15, 0.2) is 18.2 Å². The lowest BCUT2D eigenvalue weighted by atomic mass is 10.1. The van der Waals surface area contributed by atoms with E-state index in [0.717, 1.165) is 19.5 Å². The molecule has 0 saturated carbocycles. The first-order chi connectivity index (χ1) is 7.77. The Bertz CT molecular complexity index is 351. The third kappa shape index (κ3) is 2.86. The fourth-order valence-electron chi connectivity index (χ4n) is 1.97. The van der Waals surface area contributed by atoms with E-state index >= 15 is 0 Å². The van der Waals surface area contributed by atoms with Crippen LogP contribution in [0.4, 0.5) is 10.1 Å². The molecule has 1 fully saturated rings. The van der Waals surface area contributed by atoms with Gasteiger partial charge in [-0.25, -0.2) is 4.39 Å². The summed E-state index contributed by atoms with van der Waals surface area (Å²) in [6.45, 7) is 1.81. The molecule has 1 saturated heterocycles. The molecule has 0 radical (unpaired) electrons. The number of piperidine rings is 1. The van der Waals surface area contributed by atoms with E-state index in [4.69, 9.17) is 11.6 Å². The summed E-state index contributed by atoms with van der Waals surface area (Å²) >= 11 is 5.70. The van der Waals surface area contributed by atoms with Crippen LogP contribution >= 0.6 is 11.6 Å². The Labute approximate surface area is 100 Å². The van der Waals surface area contributed by atoms with Gasteiger partial charge < -0.3 is 10.6 Å². The number of hydrogen-bond acceptors (Lipinski definition) is 2. The Morgan fingerprint density at radius 1 is 1.44 bits per heavy atom. The molecule has 0 aliphatic carbocycles. The van der Waals surface area contributed by atoms with Gasteiger partial charge in [0.2, 0.25) is 0 Å². The van der Waals surface area contributed by atoms with Crippen LogP contribution in [0.3, 0.4) is 0 Å². The molecule has 88 valence electrons. The number of benzene rings is 1. The Morgan fingerprint density at radius 2 is 2.31 bits per heavy atom. The topological polar surface area (TPSA) is 24.1 Å². The first kappa shape index (κ1) is 11.7. The second-order valence-corrected chi connectivity index (χ2v) is 4.54. The number of hydrogen-bond donors (Lipinski definition) is 2. The van der Waals surface area contributed by atoms with Crippen molar-refractivity contribution in [2.24, 2.45) is 0 Å². The Kier molecular flexibility index (Phi) is 4.02. The molecule has 0 spiro atoms. The number of nitrogens with one attached hydrogen (secondary N) is 2. The minimum atomic E-state index is -0.361. The molecule has 0 bridgehead atoms. The van der Waals surface area contributed by atoms with Crippen LogP contribution < -0.4 is 10.6 Å². The van der Waals surface area contributed by atoms with E-state index in [9.17, 15) is 4.39 Å². The molecule has 1 unspecified atom stereocenters. The average Bonchev–Trinajstić information content (AvgIpc) is 2.32. The lowest BCUT2D eigenvalue weighted by Gasteiger charge is -2.24. The molecule has 2 N–H and O–H groups in total. The molecule has 2 rings (SSSR count). The van der Waals surface area contributed by atoms with E-state index in [1.165, 1.54) is 12.8 Å². The molecule has 1 atom stereocenters. The highest BCUT2D eigenvalue weighted by Crippen LogP contribution is 2.22. The van der Waals surface area contributed by atoms with Crippen molar-refractivity contribution in [1.82, 2.24) is 5.32 Å². The van der Waals surface area contributed by atoms with Crippen LogP contribution in [-0.2, 0) is 0 Å². The van der Waals surface area contributed by atoms with E-state index in [1.54, 1.807) is 18.2 Å². The van der Waals surface area contributed by atoms with Crippen molar-refractivity contribution >= 4 is 17.3 Å². The van der Waals surface area contributed by atoms with Crippen LogP contribution in [-0.4, -0.2) is 19.1 Å². The van der Waals surface area contributed by atoms with Gasteiger partial charge in [0, 0.05) is 12.6 Å². The summed E-state index contributed by atoms with van der Waals surface area (Å²) in [6.07, 6.45) is 3.63. The summed E-state index contributed by atoms with van der Waals surface area (Å²) in [5.41, 5.74) is 0.486. The number of halogens is 2. The maximum absolute atomic E-state index is 13.5. The van der Waals surface area contributed by atoms with Crippen LogP contribution in [0.5, 0.6) is 0 Å². The second kappa shape index (κ2) is 5.51. The largest absolute Gasteiger partial charge is 0.381 e. The van der Waals surface area contributed by atoms with Crippen LogP contribution in [0, 0.1) is 5.82 Å². The minimum Gasteiger partial charge on any atom is -0.381 e. The predicted octanol–water partition coefficient (Wildman–Crippen LogP) is 3.03. The van der Waals surface area contributed by atoms with Crippen LogP contribution in [0.2, 0.25) is 5.02 Å². The first-order valence-corrected chi connectivity index (χ1v) is 6.06. The third-order valence-corrected chi connectivity index (χ3v) is 3.19. The van der Waals surface area contributed by atoms with Crippen molar-refractivity contribution in [2.45, 2.75) is 25.3 Å². The van der Waals surface area contributed by atoms with Gasteiger partial charge in [-0.3, -0.25) is 0 Å². The van der Waals surface area contributed by atoms with Gasteiger partial charge in [-0.1, -0.05) is 24.1 Å². The van der Waals surface area contributed by atoms with Gasteiger partial charge in [0.05, 0.1) is 10.7 Å². The van der Waals surface area contributed by atoms with Gasteiger partial charge in [-0.05, 0) is 31.5 Å². The zero-order valence-corrected chi connectivity index (χ0v) is 9.86. The van der Waals surface area contributed by atoms with Crippen LogP contribution in [0.25, 0.3) is 0 Å². The first-order valence-electron chi connectivity index (χ1n) is 5.68. The monoisotopic (exact) mass is 242 g/mol. The van der Waals surface area contributed by atoms with Gasteiger partial charge in [0.15, 0.2) is 5.82 Å². The Balaban J connectivity index is 1.91. The van der Waals surface area contributed by atoms with E-state index in [-0.39, 0.29) is 10.8 Å². The lowest BCUT2D eigenvalue weighted by Crippen LogP contribution is -2.39. The predicted molar refractivity (Wildman–Crippen MR) is 65.5 cm³/mol. The summed E-state index contributed by atoms with van der Waals surface area (Å²) in [4.78, 5) is 0. The summed E-state index contributed by atoms with van der Waals surface area (Å²) < 4.78 is 13.5. The minimum absolute atomic E-state index is 0.168. The van der Waals surface area contributed by atoms with E-state index < -0.39 is 0 Å². The van der Waals surface area contributed by atoms with Crippen molar-refractivity contribution in [3.63, 3.8) is 0 Å². The van der Waals surface area contributed by atoms with Gasteiger partial charge in [-0.15, -0.1) is 0 Å². The molecule has 2 nitrogen and oxygen atoms in total. The molecular formula is C12H16ClFN2. The summed E-state index contributed by atoms with van der Waals surface area (Å²) in [5.74, 6) is -0.361. The average molecular weight is 243 g/mol. The SMILES string of the molecule is Fc1c(Cl)cccc1NCC1CCCCN1. The molecular weight excluding hydrogens is 227 g/mol. The van der Waals surface area contributed by atoms with Gasteiger partial charge in [0.1, 0.15) is 0 Å².